The second-order valence-corrected chi connectivity index (χ2v) is 6.76. The number of carbonyl (C=O) groups is 1. The van der Waals surface area contributed by atoms with Crippen molar-refractivity contribution in [2.24, 2.45) is 0 Å². The highest BCUT2D eigenvalue weighted by atomic mass is 35.5. The topological polar surface area (TPSA) is 46.9 Å². The van der Waals surface area contributed by atoms with E-state index in [-0.39, 0.29) is 5.91 Å². The number of hydrogen-bond donors (Lipinski definition) is 1. The smallest absolute Gasteiger partial charge is 0.252 e. The van der Waals surface area contributed by atoms with Crippen molar-refractivity contribution in [2.75, 3.05) is 12.8 Å². The van der Waals surface area contributed by atoms with Crippen LogP contribution in [0.1, 0.15) is 15.9 Å². The first-order chi connectivity index (χ1) is 12.2. The van der Waals surface area contributed by atoms with Crippen LogP contribution < -0.4 is 5.32 Å². The lowest BCUT2D eigenvalue weighted by Gasteiger charge is -2.09. The molecular formula is C19H18ClN3OS. The third-order valence-corrected chi connectivity index (χ3v) is 4.88. The summed E-state index contributed by atoms with van der Waals surface area (Å²) >= 11 is 7.72. The quantitative estimate of drug-likeness (QED) is 0.660. The molecule has 0 aliphatic carbocycles. The number of carbonyl (C=O) groups excluding carboxylic acids is 1. The van der Waals surface area contributed by atoms with Crippen LogP contribution in [0.5, 0.6) is 0 Å². The summed E-state index contributed by atoms with van der Waals surface area (Å²) in [6.07, 6.45) is 6.38. The molecule has 0 aliphatic heterocycles. The number of nitrogens with one attached hydrogen (secondary N) is 1. The number of halogens is 1. The molecule has 4 nitrogen and oxygen atoms in total. The summed E-state index contributed by atoms with van der Waals surface area (Å²) in [5.74, 6) is -0.144. The molecule has 6 heteroatoms. The predicted octanol–water partition coefficient (Wildman–Crippen LogP) is 4.22. The third-order valence-electron chi connectivity index (χ3n) is 3.82. The molecule has 0 fully saturated rings. The van der Waals surface area contributed by atoms with Gasteiger partial charge in [-0.05, 0) is 54.6 Å². The molecular weight excluding hydrogens is 354 g/mol. The van der Waals surface area contributed by atoms with E-state index >= 15 is 0 Å². The molecule has 128 valence electrons. The average Bonchev–Trinajstić information content (AvgIpc) is 3.17. The highest BCUT2D eigenvalue weighted by Gasteiger charge is 2.10. The van der Waals surface area contributed by atoms with E-state index in [2.05, 4.69) is 10.4 Å². The Balaban J connectivity index is 1.57. The molecule has 3 aromatic rings. The molecule has 1 heterocycles. The van der Waals surface area contributed by atoms with E-state index in [4.69, 9.17) is 11.6 Å². The first-order valence-electron chi connectivity index (χ1n) is 7.88. The zero-order valence-corrected chi connectivity index (χ0v) is 15.3. The number of benzene rings is 2. The van der Waals surface area contributed by atoms with Gasteiger partial charge in [0, 0.05) is 23.8 Å². The molecule has 0 radical (unpaired) electrons. The van der Waals surface area contributed by atoms with Crippen molar-refractivity contribution in [1.29, 1.82) is 0 Å². The van der Waals surface area contributed by atoms with Gasteiger partial charge in [0.15, 0.2) is 0 Å². The van der Waals surface area contributed by atoms with Crippen molar-refractivity contribution >= 4 is 29.3 Å². The van der Waals surface area contributed by atoms with Crippen LogP contribution in [0.25, 0.3) is 5.69 Å². The van der Waals surface area contributed by atoms with E-state index in [0.717, 1.165) is 22.6 Å². The number of hydrogen-bond acceptors (Lipinski definition) is 3. The maximum absolute atomic E-state index is 12.3. The van der Waals surface area contributed by atoms with Crippen molar-refractivity contribution in [2.45, 2.75) is 11.3 Å². The van der Waals surface area contributed by atoms with E-state index in [1.807, 2.05) is 59.6 Å². The lowest BCUT2D eigenvalue weighted by molar-refractivity contribution is 0.0954. The minimum atomic E-state index is -0.144. The Morgan fingerprint density at radius 1 is 1.24 bits per heavy atom. The maximum Gasteiger partial charge on any atom is 0.252 e. The van der Waals surface area contributed by atoms with Gasteiger partial charge in [-0.2, -0.15) is 5.10 Å². The molecule has 1 N–H and O–H groups in total. The normalized spacial score (nSPS) is 10.6. The number of aromatic nitrogens is 2. The second kappa shape index (κ2) is 8.23. The Morgan fingerprint density at radius 2 is 2.04 bits per heavy atom. The van der Waals surface area contributed by atoms with Crippen molar-refractivity contribution < 1.29 is 4.79 Å². The largest absolute Gasteiger partial charge is 0.352 e. The first-order valence-corrected chi connectivity index (χ1v) is 9.48. The van der Waals surface area contributed by atoms with E-state index in [0.29, 0.717) is 17.1 Å². The van der Waals surface area contributed by atoms with E-state index in [9.17, 15) is 4.79 Å². The third kappa shape index (κ3) is 4.44. The Labute approximate surface area is 156 Å². The van der Waals surface area contributed by atoms with Crippen LogP contribution in [0.15, 0.2) is 65.8 Å². The van der Waals surface area contributed by atoms with Crippen molar-refractivity contribution in [3.63, 3.8) is 0 Å². The van der Waals surface area contributed by atoms with Gasteiger partial charge in [-0.1, -0.05) is 23.7 Å². The summed E-state index contributed by atoms with van der Waals surface area (Å²) < 4.78 is 1.81. The van der Waals surface area contributed by atoms with Gasteiger partial charge in [-0.15, -0.1) is 11.8 Å². The van der Waals surface area contributed by atoms with Gasteiger partial charge in [0.1, 0.15) is 0 Å². The zero-order valence-electron chi connectivity index (χ0n) is 13.8. The Bertz CT molecular complexity index is 848. The first kappa shape index (κ1) is 17.6. The predicted molar refractivity (Wildman–Crippen MR) is 103 cm³/mol. The Morgan fingerprint density at radius 3 is 2.72 bits per heavy atom. The number of nitrogens with zero attached hydrogens (tertiary/aromatic N) is 2. The van der Waals surface area contributed by atoms with Crippen LogP contribution in [0, 0.1) is 0 Å². The van der Waals surface area contributed by atoms with Gasteiger partial charge in [0.25, 0.3) is 5.91 Å². The van der Waals surface area contributed by atoms with Crippen LogP contribution in [-0.2, 0) is 6.42 Å². The fourth-order valence-corrected chi connectivity index (χ4v) is 3.10. The highest BCUT2D eigenvalue weighted by molar-refractivity contribution is 7.98. The standard InChI is InChI=1S/C19H18ClN3OS/c1-25-16-7-8-18(20)17(13-16)19(24)21-11-9-14-3-5-15(6-4-14)23-12-2-10-22-23/h2-8,10,12-13H,9,11H2,1H3,(H,21,24). The molecule has 25 heavy (non-hydrogen) atoms. The molecule has 1 amide bonds. The molecule has 2 aromatic carbocycles. The zero-order chi connectivity index (χ0) is 17.6. The minimum absolute atomic E-state index is 0.144. The number of rotatable bonds is 6. The Kier molecular flexibility index (Phi) is 5.79. The molecule has 0 atom stereocenters. The van der Waals surface area contributed by atoms with Gasteiger partial charge in [0.2, 0.25) is 0 Å². The summed E-state index contributed by atoms with van der Waals surface area (Å²) in [6.45, 7) is 0.555. The molecule has 1 aromatic heterocycles. The molecule has 0 bridgehead atoms. The van der Waals surface area contributed by atoms with Gasteiger partial charge < -0.3 is 5.32 Å². The fraction of sp³-hybridized carbons (Fsp3) is 0.158. The van der Waals surface area contributed by atoms with E-state index in [1.54, 1.807) is 24.0 Å². The summed E-state index contributed by atoms with van der Waals surface area (Å²) in [6, 6.07) is 15.5. The summed E-state index contributed by atoms with van der Waals surface area (Å²) in [5.41, 5.74) is 2.68. The molecule has 0 unspecified atom stereocenters. The molecule has 0 aliphatic rings. The Hall–Kier alpha value is -2.24. The summed E-state index contributed by atoms with van der Waals surface area (Å²) in [5, 5.41) is 7.61. The van der Waals surface area contributed by atoms with Gasteiger partial charge in [0.05, 0.1) is 16.3 Å². The SMILES string of the molecule is CSc1ccc(Cl)c(C(=O)NCCc2ccc(-n3cccn3)cc2)c1. The molecule has 0 saturated heterocycles. The van der Waals surface area contributed by atoms with Gasteiger partial charge >= 0.3 is 0 Å². The lowest BCUT2D eigenvalue weighted by Crippen LogP contribution is -2.26. The summed E-state index contributed by atoms with van der Waals surface area (Å²) in [4.78, 5) is 13.3. The van der Waals surface area contributed by atoms with Crippen molar-refractivity contribution in [1.82, 2.24) is 15.1 Å². The van der Waals surface area contributed by atoms with Crippen LogP contribution in [0.4, 0.5) is 0 Å². The van der Waals surface area contributed by atoms with E-state index in [1.165, 1.54) is 0 Å². The van der Waals surface area contributed by atoms with Crippen LogP contribution in [0.3, 0.4) is 0 Å². The van der Waals surface area contributed by atoms with Gasteiger partial charge in [-0.3, -0.25) is 4.79 Å². The van der Waals surface area contributed by atoms with Crippen molar-refractivity contribution in [3.05, 3.63) is 77.1 Å². The monoisotopic (exact) mass is 371 g/mol. The average molecular weight is 372 g/mol. The maximum atomic E-state index is 12.3. The number of thioether (sulfide) groups is 1. The molecule has 3 rings (SSSR count). The molecule has 0 saturated carbocycles. The van der Waals surface area contributed by atoms with Crippen molar-refractivity contribution in [3.8, 4) is 5.69 Å². The van der Waals surface area contributed by atoms with E-state index < -0.39 is 0 Å². The fourth-order valence-electron chi connectivity index (χ4n) is 2.46. The van der Waals surface area contributed by atoms with Gasteiger partial charge in [-0.25, -0.2) is 4.68 Å². The van der Waals surface area contributed by atoms with Crippen LogP contribution in [0.2, 0.25) is 5.02 Å². The summed E-state index contributed by atoms with van der Waals surface area (Å²) in [7, 11) is 0. The second-order valence-electron chi connectivity index (χ2n) is 5.47. The van der Waals surface area contributed by atoms with Crippen LogP contribution in [-0.4, -0.2) is 28.5 Å². The number of amides is 1. The molecule has 0 spiro atoms. The van der Waals surface area contributed by atoms with Crippen LogP contribution >= 0.6 is 23.4 Å². The highest BCUT2D eigenvalue weighted by Crippen LogP contribution is 2.22. The lowest BCUT2D eigenvalue weighted by atomic mass is 10.1. The minimum Gasteiger partial charge on any atom is -0.352 e.